The summed E-state index contributed by atoms with van der Waals surface area (Å²) in [4.78, 5) is 23.1. The number of carbonyl (C=O) groups is 2. The van der Waals surface area contributed by atoms with Gasteiger partial charge in [0.15, 0.2) is 6.04 Å². The van der Waals surface area contributed by atoms with Crippen LogP contribution >= 0.6 is 0 Å². The van der Waals surface area contributed by atoms with Crippen LogP contribution in [0.25, 0.3) is 0 Å². The minimum Gasteiger partial charge on any atom is -0.459 e. The van der Waals surface area contributed by atoms with E-state index in [2.05, 4.69) is 10.1 Å². The van der Waals surface area contributed by atoms with E-state index in [1.54, 1.807) is 6.92 Å². The molecule has 1 aromatic rings. The van der Waals surface area contributed by atoms with Crippen molar-refractivity contribution in [1.82, 2.24) is 5.32 Å². The number of aliphatic hydroxyl groups excluding tert-OH is 1. The van der Waals surface area contributed by atoms with Gasteiger partial charge in [-0.2, -0.15) is 0 Å². The van der Waals surface area contributed by atoms with Gasteiger partial charge in [-0.3, -0.25) is 0 Å². The average Bonchev–Trinajstić information content (AvgIpc) is 2.43. The van der Waals surface area contributed by atoms with Gasteiger partial charge >= 0.3 is 12.1 Å². The molecule has 0 heterocycles. The molecule has 0 bridgehead atoms. The van der Waals surface area contributed by atoms with Crippen LogP contribution in [0.15, 0.2) is 30.3 Å². The number of benzene rings is 1. The van der Waals surface area contributed by atoms with Crippen molar-refractivity contribution in [2.75, 3.05) is 6.61 Å². The first kappa shape index (κ1) is 16.0. The smallest absolute Gasteiger partial charge is 0.407 e. The van der Waals surface area contributed by atoms with E-state index < -0.39 is 24.2 Å². The molecule has 2 N–H and O–H groups in total. The third-order valence-electron chi connectivity index (χ3n) is 2.51. The van der Waals surface area contributed by atoms with Crippen LogP contribution in [0.2, 0.25) is 0 Å². The van der Waals surface area contributed by atoms with Crippen molar-refractivity contribution < 1.29 is 24.2 Å². The summed E-state index contributed by atoms with van der Waals surface area (Å²) in [5.41, 5.74) is 0.821. The first-order valence-electron chi connectivity index (χ1n) is 6.36. The highest BCUT2D eigenvalue weighted by Crippen LogP contribution is 2.04. The lowest BCUT2D eigenvalue weighted by Gasteiger charge is -2.19. The fourth-order valence-corrected chi connectivity index (χ4v) is 1.49. The number of carbonyl (C=O) groups excluding carboxylic acids is 2. The highest BCUT2D eigenvalue weighted by atomic mass is 16.6. The zero-order valence-electron chi connectivity index (χ0n) is 11.5. The van der Waals surface area contributed by atoms with Crippen LogP contribution in [0.5, 0.6) is 0 Å². The number of alkyl carbamates (subject to hydrolysis) is 1. The molecule has 1 amide bonds. The lowest BCUT2D eigenvalue weighted by atomic mass is 10.2. The molecule has 0 fully saturated rings. The number of rotatable bonds is 6. The number of hydrogen-bond donors (Lipinski definition) is 2. The van der Waals surface area contributed by atoms with E-state index in [9.17, 15) is 14.7 Å². The average molecular weight is 281 g/mol. The summed E-state index contributed by atoms with van der Waals surface area (Å²) in [6.45, 7) is 3.29. The van der Waals surface area contributed by atoms with E-state index in [1.807, 2.05) is 30.3 Å². The van der Waals surface area contributed by atoms with Gasteiger partial charge in [-0.25, -0.2) is 9.59 Å². The van der Waals surface area contributed by atoms with Crippen molar-refractivity contribution >= 4 is 12.1 Å². The molecule has 6 heteroatoms. The lowest BCUT2D eigenvalue weighted by Crippen LogP contribution is -2.48. The molecule has 1 aromatic carbocycles. The van der Waals surface area contributed by atoms with E-state index in [1.165, 1.54) is 6.92 Å². The Balaban J connectivity index is 2.54. The molecular weight excluding hydrogens is 262 g/mol. The molecule has 0 aliphatic carbocycles. The second kappa shape index (κ2) is 8.16. The Hall–Kier alpha value is -2.08. The zero-order chi connectivity index (χ0) is 15.0. The van der Waals surface area contributed by atoms with E-state index >= 15 is 0 Å². The topological polar surface area (TPSA) is 84.9 Å². The van der Waals surface area contributed by atoms with Crippen molar-refractivity contribution in [1.29, 1.82) is 0 Å². The number of hydrogen-bond acceptors (Lipinski definition) is 5. The van der Waals surface area contributed by atoms with Gasteiger partial charge < -0.3 is 19.9 Å². The highest BCUT2D eigenvalue weighted by molar-refractivity contribution is 5.81. The third kappa shape index (κ3) is 5.27. The van der Waals surface area contributed by atoms with E-state index in [0.717, 1.165) is 5.56 Å². The summed E-state index contributed by atoms with van der Waals surface area (Å²) >= 11 is 0. The first-order chi connectivity index (χ1) is 9.54. The molecule has 0 radical (unpaired) electrons. The van der Waals surface area contributed by atoms with Gasteiger partial charge in [0.05, 0.1) is 12.7 Å². The van der Waals surface area contributed by atoms with Crippen LogP contribution in [-0.4, -0.2) is 35.9 Å². The third-order valence-corrected chi connectivity index (χ3v) is 2.51. The largest absolute Gasteiger partial charge is 0.459 e. The lowest BCUT2D eigenvalue weighted by molar-refractivity contribution is -0.150. The Kier molecular flexibility index (Phi) is 6.52. The van der Waals surface area contributed by atoms with Crippen LogP contribution in [0.4, 0.5) is 4.79 Å². The Bertz CT molecular complexity index is 432. The minimum atomic E-state index is -1.15. The Morgan fingerprint density at radius 3 is 2.45 bits per heavy atom. The second-order valence-electron chi connectivity index (χ2n) is 4.18. The summed E-state index contributed by atoms with van der Waals surface area (Å²) in [5.74, 6) is -0.711. The zero-order valence-corrected chi connectivity index (χ0v) is 11.5. The maximum atomic E-state index is 11.8. The monoisotopic (exact) mass is 281 g/mol. The van der Waals surface area contributed by atoms with Crippen LogP contribution in [-0.2, 0) is 20.9 Å². The SMILES string of the molecule is CCOC(=O)N[C@H](C(=O)OCc1ccccc1)[C@@H](C)O. The summed E-state index contributed by atoms with van der Waals surface area (Å²) in [5, 5.41) is 11.8. The van der Waals surface area contributed by atoms with Gasteiger partial charge in [0.2, 0.25) is 0 Å². The fraction of sp³-hybridized carbons (Fsp3) is 0.429. The number of amides is 1. The van der Waals surface area contributed by atoms with Crippen molar-refractivity contribution in [3.05, 3.63) is 35.9 Å². The molecule has 0 aromatic heterocycles. The molecule has 1 rings (SSSR count). The maximum Gasteiger partial charge on any atom is 0.407 e. The van der Waals surface area contributed by atoms with Gasteiger partial charge in [0.1, 0.15) is 6.61 Å². The van der Waals surface area contributed by atoms with Crippen LogP contribution in [0.1, 0.15) is 19.4 Å². The van der Waals surface area contributed by atoms with Crippen molar-refractivity contribution in [3.63, 3.8) is 0 Å². The summed E-state index contributed by atoms with van der Waals surface area (Å²) in [6, 6.07) is 7.97. The van der Waals surface area contributed by atoms with Crippen molar-refractivity contribution in [2.45, 2.75) is 32.6 Å². The minimum absolute atomic E-state index is 0.0768. The standard InChI is InChI=1S/C14H19NO5/c1-3-19-14(18)15-12(10(2)16)13(17)20-9-11-7-5-4-6-8-11/h4-8,10,12,16H,3,9H2,1-2H3,(H,15,18)/t10-,12+/m1/s1. The van der Waals surface area contributed by atoms with E-state index in [4.69, 9.17) is 4.74 Å². The fourth-order valence-electron chi connectivity index (χ4n) is 1.49. The molecule has 6 nitrogen and oxygen atoms in total. The molecule has 110 valence electrons. The van der Waals surface area contributed by atoms with Crippen molar-refractivity contribution in [2.24, 2.45) is 0 Å². The molecular formula is C14H19NO5. The van der Waals surface area contributed by atoms with Gasteiger partial charge in [0, 0.05) is 0 Å². The molecule has 0 saturated heterocycles. The van der Waals surface area contributed by atoms with E-state index in [-0.39, 0.29) is 13.2 Å². The molecule has 2 atom stereocenters. The quantitative estimate of drug-likeness (QED) is 0.766. The van der Waals surface area contributed by atoms with Gasteiger partial charge in [-0.1, -0.05) is 30.3 Å². The van der Waals surface area contributed by atoms with Crippen LogP contribution in [0, 0.1) is 0 Å². The molecule has 0 aliphatic rings. The number of aliphatic hydroxyl groups is 1. The van der Waals surface area contributed by atoms with E-state index in [0.29, 0.717) is 0 Å². The summed E-state index contributed by atoms with van der Waals surface area (Å²) < 4.78 is 9.73. The number of esters is 1. The Morgan fingerprint density at radius 2 is 1.90 bits per heavy atom. The Morgan fingerprint density at radius 1 is 1.25 bits per heavy atom. The summed E-state index contributed by atoms with van der Waals surface area (Å²) in [6.07, 6.45) is -1.85. The highest BCUT2D eigenvalue weighted by Gasteiger charge is 2.27. The molecule has 0 saturated carbocycles. The molecule has 0 aliphatic heterocycles. The first-order valence-corrected chi connectivity index (χ1v) is 6.36. The normalized spacial score (nSPS) is 13.2. The molecule has 0 unspecified atom stereocenters. The maximum absolute atomic E-state index is 11.8. The molecule has 0 spiro atoms. The number of nitrogens with one attached hydrogen (secondary N) is 1. The Labute approximate surface area is 117 Å². The van der Waals surface area contributed by atoms with Gasteiger partial charge in [-0.15, -0.1) is 0 Å². The van der Waals surface area contributed by atoms with Crippen molar-refractivity contribution in [3.8, 4) is 0 Å². The van der Waals surface area contributed by atoms with Gasteiger partial charge in [-0.05, 0) is 19.4 Å². The number of ether oxygens (including phenoxy) is 2. The summed E-state index contributed by atoms with van der Waals surface area (Å²) in [7, 11) is 0. The van der Waals surface area contributed by atoms with Crippen LogP contribution < -0.4 is 5.32 Å². The predicted octanol–water partition coefficient (Wildman–Crippen LogP) is 1.23. The molecule has 20 heavy (non-hydrogen) atoms. The second-order valence-corrected chi connectivity index (χ2v) is 4.18. The van der Waals surface area contributed by atoms with Crippen LogP contribution in [0.3, 0.4) is 0 Å². The van der Waals surface area contributed by atoms with Gasteiger partial charge in [0.25, 0.3) is 0 Å². The predicted molar refractivity (Wildman–Crippen MR) is 71.9 cm³/mol.